The number of nitrogens with zero attached hydrogens (tertiary/aromatic N) is 3. The maximum atomic E-state index is 14.1. The highest BCUT2D eigenvalue weighted by Gasteiger charge is 2.15. The summed E-state index contributed by atoms with van der Waals surface area (Å²) in [5.41, 5.74) is 0.982. The van der Waals surface area contributed by atoms with Crippen LogP contribution in [0.4, 0.5) is 8.78 Å². The predicted molar refractivity (Wildman–Crippen MR) is 130 cm³/mol. The van der Waals surface area contributed by atoms with Gasteiger partial charge in [0.1, 0.15) is 0 Å². The zero-order valence-corrected chi connectivity index (χ0v) is 19.8. The van der Waals surface area contributed by atoms with Gasteiger partial charge in [-0.05, 0) is 24.6 Å². The van der Waals surface area contributed by atoms with Crippen LogP contribution in [-0.4, -0.2) is 26.7 Å². The van der Waals surface area contributed by atoms with E-state index in [-0.39, 0.29) is 5.56 Å². The molecular weight excluding hydrogens is 436 g/mol. The van der Waals surface area contributed by atoms with E-state index in [1.165, 1.54) is 76.2 Å². The van der Waals surface area contributed by atoms with Gasteiger partial charge in [-0.15, -0.1) is 0 Å². The first-order chi connectivity index (χ1) is 16.6. The lowest BCUT2D eigenvalue weighted by molar-refractivity contribution is 0.293. The molecule has 0 bridgehead atoms. The van der Waals surface area contributed by atoms with E-state index in [0.29, 0.717) is 29.4 Å². The Morgan fingerprint density at radius 3 is 1.94 bits per heavy atom. The van der Waals surface area contributed by atoms with Crippen LogP contribution in [0, 0.1) is 11.6 Å². The molecule has 0 unspecified atom stereocenters. The summed E-state index contributed by atoms with van der Waals surface area (Å²) in [6.07, 6.45) is 17.2. The summed E-state index contributed by atoms with van der Waals surface area (Å²) >= 11 is 0. The summed E-state index contributed by atoms with van der Waals surface area (Å²) in [5, 5.41) is 9.27. The molecule has 182 valence electrons. The maximum Gasteiger partial charge on any atom is 0.213 e. The molecule has 3 aromatic rings. The van der Waals surface area contributed by atoms with Crippen LogP contribution in [0.3, 0.4) is 0 Å². The van der Waals surface area contributed by atoms with E-state index in [0.717, 1.165) is 12.5 Å². The van der Waals surface area contributed by atoms with Gasteiger partial charge in [-0.1, -0.05) is 64.7 Å². The smallest absolute Gasteiger partial charge is 0.213 e. The van der Waals surface area contributed by atoms with E-state index in [4.69, 9.17) is 4.74 Å². The van der Waals surface area contributed by atoms with Crippen LogP contribution in [0.5, 0.6) is 11.6 Å². The highest BCUT2D eigenvalue weighted by molar-refractivity contribution is 5.65. The summed E-state index contributed by atoms with van der Waals surface area (Å²) < 4.78 is 33.4. The Balaban J connectivity index is 1.40. The minimum Gasteiger partial charge on any atom is -0.505 e. The predicted octanol–water partition coefficient (Wildman–Crippen LogP) is 7.49. The van der Waals surface area contributed by atoms with Crippen molar-refractivity contribution >= 4 is 0 Å². The van der Waals surface area contributed by atoms with E-state index >= 15 is 0 Å². The molecule has 5 nitrogen and oxygen atoms in total. The van der Waals surface area contributed by atoms with Crippen molar-refractivity contribution in [1.29, 1.82) is 0 Å². The van der Waals surface area contributed by atoms with Crippen LogP contribution in [0.1, 0.15) is 71.1 Å². The zero-order chi connectivity index (χ0) is 24.2. The molecule has 0 spiro atoms. The molecular formula is C27H33F2N3O2. The Morgan fingerprint density at radius 2 is 1.32 bits per heavy atom. The van der Waals surface area contributed by atoms with Gasteiger partial charge < -0.3 is 9.84 Å². The average Bonchev–Trinajstić information content (AvgIpc) is 2.86. The van der Waals surface area contributed by atoms with Crippen molar-refractivity contribution in [3.05, 3.63) is 54.5 Å². The molecule has 0 aliphatic heterocycles. The largest absolute Gasteiger partial charge is 0.505 e. The van der Waals surface area contributed by atoms with Crippen LogP contribution >= 0.6 is 0 Å². The van der Waals surface area contributed by atoms with Gasteiger partial charge in [0.15, 0.2) is 17.4 Å². The van der Waals surface area contributed by atoms with E-state index in [2.05, 4.69) is 21.9 Å². The summed E-state index contributed by atoms with van der Waals surface area (Å²) in [6.45, 7) is 2.89. The first-order valence-electron chi connectivity index (χ1n) is 12.2. The number of aromatic hydroxyl groups is 1. The molecule has 7 heteroatoms. The molecule has 0 aliphatic carbocycles. The van der Waals surface area contributed by atoms with E-state index < -0.39 is 17.4 Å². The number of rotatable bonds is 14. The van der Waals surface area contributed by atoms with Crippen molar-refractivity contribution in [2.75, 3.05) is 6.61 Å². The number of aromatic nitrogens is 3. The SMILES string of the molecule is CCCCCCCCCCCCOc1ccc(-c2ncc(-c3ccc(O)c(F)c3F)cn2)cn1. The van der Waals surface area contributed by atoms with Gasteiger partial charge in [0.05, 0.1) is 6.61 Å². The summed E-state index contributed by atoms with van der Waals surface area (Å²) in [5.74, 6) is -2.20. The Kier molecular flexibility index (Phi) is 10.2. The summed E-state index contributed by atoms with van der Waals surface area (Å²) in [4.78, 5) is 12.8. The molecule has 0 aliphatic rings. The second kappa shape index (κ2) is 13.6. The van der Waals surface area contributed by atoms with Crippen LogP contribution in [0.25, 0.3) is 22.5 Å². The van der Waals surface area contributed by atoms with Crippen molar-refractivity contribution in [2.24, 2.45) is 0 Å². The normalized spacial score (nSPS) is 11.0. The fraction of sp³-hybridized carbons (Fsp3) is 0.444. The first kappa shape index (κ1) is 25.5. The third-order valence-corrected chi connectivity index (χ3v) is 5.77. The second-order valence-corrected chi connectivity index (χ2v) is 8.47. The standard InChI is InChI=1S/C27H33F2N3O2/c1-2-3-4-5-6-7-8-9-10-11-16-34-24-15-12-20(17-30-24)27-31-18-21(19-32-27)22-13-14-23(33)26(29)25(22)28/h12-15,17-19,33H,2-11,16H2,1H3. The number of hydrogen-bond donors (Lipinski definition) is 1. The Labute approximate surface area is 200 Å². The van der Waals surface area contributed by atoms with Crippen molar-refractivity contribution in [1.82, 2.24) is 15.0 Å². The van der Waals surface area contributed by atoms with E-state index in [1.54, 1.807) is 12.3 Å². The number of pyridine rings is 1. The van der Waals surface area contributed by atoms with Crippen molar-refractivity contribution in [3.63, 3.8) is 0 Å². The second-order valence-electron chi connectivity index (χ2n) is 8.47. The number of phenolic OH excluding ortho intramolecular Hbond substituents is 1. The van der Waals surface area contributed by atoms with Gasteiger partial charge in [-0.2, -0.15) is 4.39 Å². The van der Waals surface area contributed by atoms with Gasteiger partial charge in [-0.25, -0.2) is 19.3 Å². The molecule has 2 heterocycles. The molecule has 0 amide bonds. The average molecular weight is 470 g/mol. The highest BCUT2D eigenvalue weighted by Crippen LogP contribution is 2.29. The topological polar surface area (TPSA) is 68.1 Å². The number of phenols is 1. The number of benzene rings is 1. The molecule has 1 N–H and O–H groups in total. The Morgan fingerprint density at radius 1 is 0.706 bits per heavy atom. The molecule has 0 radical (unpaired) electrons. The Bertz CT molecular complexity index is 1010. The van der Waals surface area contributed by atoms with Crippen LogP contribution in [0.15, 0.2) is 42.9 Å². The lowest BCUT2D eigenvalue weighted by atomic mass is 10.1. The molecule has 0 fully saturated rings. The lowest BCUT2D eigenvalue weighted by Crippen LogP contribution is -1.99. The van der Waals surface area contributed by atoms with Crippen LogP contribution < -0.4 is 4.74 Å². The molecule has 34 heavy (non-hydrogen) atoms. The number of unbranched alkanes of at least 4 members (excludes halogenated alkanes) is 9. The van der Waals surface area contributed by atoms with Crippen LogP contribution in [0.2, 0.25) is 0 Å². The molecule has 0 saturated carbocycles. The zero-order valence-electron chi connectivity index (χ0n) is 19.8. The Hall–Kier alpha value is -3.09. The van der Waals surface area contributed by atoms with Gasteiger partial charge >= 0.3 is 0 Å². The third kappa shape index (κ3) is 7.47. The molecule has 0 saturated heterocycles. The highest BCUT2D eigenvalue weighted by atomic mass is 19.2. The number of halogens is 2. The molecule has 2 aromatic heterocycles. The van der Waals surface area contributed by atoms with Crippen LogP contribution in [-0.2, 0) is 0 Å². The molecule has 3 rings (SSSR count). The number of ether oxygens (including phenoxy) is 1. The van der Waals surface area contributed by atoms with Gasteiger partial charge in [0.25, 0.3) is 0 Å². The van der Waals surface area contributed by atoms with Crippen molar-refractivity contribution in [3.8, 4) is 34.1 Å². The number of hydrogen-bond acceptors (Lipinski definition) is 5. The maximum absolute atomic E-state index is 14.1. The first-order valence-corrected chi connectivity index (χ1v) is 12.2. The summed E-state index contributed by atoms with van der Waals surface area (Å²) in [6, 6.07) is 5.98. The monoisotopic (exact) mass is 469 g/mol. The quantitative estimate of drug-likeness (QED) is 0.248. The molecule has 1 aromatic carbocycles. The fourth-order valence-electron chi connectivity index (χ4n) is 3.74. The lowest BCUT2D eigenvalue weighted by Gasteiger charge is -2.07. The third-order valence-electron chi connectivity index (χ3n) is 5.77. The van der Waals surface area contributed by atoms with Gasteiger partial charge in [0.2, 0.25) is 11.7 Å². The van der Waals surface area contributed by atoms with Gasteiger partial charge in [0, 0.05) is 41.3 Å². The minimum absolute atomic E-state index is 0.0179. The minimum atomic E-state index is -1.29. The van der Waals surface area contributed by atoms with Gasteiger partial charge in [-0.3, -0.25) is 0 Å². The van der Waals surface area contributed by atoms with Crippen molar-refractivity contribution in [2.45, 2.75) is 71.1 Å². The summed E-state index contributed by atoms with van der Waals surface area (Å²) in [7, 11) is 0. The fourth-order valence-corrected chi connectivity index (χ4v) is 3.74. The van der Waals surface area contributed by atoms with Crippen molar-refractivity contribution < 1.29 is 18.6 Å². The van der Waals surface area contributed by atoms with E-state index in [9.17, 15) is 13.9 Å². The van der Waals surface area contributed by atoms with E-state index in [1.807, 2.05) is 6.07 Å². The molecule has 0 atom stereocenters.